The molecule has 0 aliphatic carbocycles. The van der Waals surface area contributed by atoms with Crippen LogP contribution < -0.4 is 10.6 Å². The maximum Gasteiger partial charge on any atom is 0.319 e. The van der Waals surface area contributed by atoms with Crippen molar-refractivity contribution in [2.45, 2.75) is 13.5 Å². The van der Waals surface area contributed by atoms with Crippen LogP contribution in [0.2, 0.25) is 0 Å². The molecule has 4 nitrogen and oxygen atoms in total. The summed E-state index contributed by atoms with van der Waals surface area (Å²) in [6.07, 6.45) is 1.93. The van der Waals surface area contributed by atoms with E-state index >= 15 is 0 Å². The molecule has 0 saturated carbocycles. The molecule has 1 heterocycles. The van der Waals surface area contributed by atoms with Crippen molar-refractivity contribution in [3.05, 3.63) is 65.9 Å². The van der Waals surface area contributed by atoms with Crippen LogP contribution in [0.25, 0.3) is 10.9 Å². The number of rotatable bonds is 3. The third-order valence-electron chi connectivity index (χ3n) is 3.42. The molecule has 106 valence electrons. The number of anilines is 1. The van der Waals surface area contributed by atoms with E-state index in [0.29, 0.717) is 6.54 Å². The van der Waals surface area contributed by atoms with Gasteiger partial charge in [-0.15, -0.1) is 0 Å². The number of hydrogen-bond donors (Lipinski definition) is 3. The lowest BCUT2D eigenvalue weighted by Crippen LogP contribution is -2.28. The van der Waals surface area contributed by atoms with E-state index in [-0.39, 0.29) is 6.03 Å². The minimum absolute atomic E-state index is 0.205. The Kier molecular flexibility index (Phi) is 3.60. The van der Waals surface area contributed by atoms with Crippen LogP contribution in [0, 0.1) is 6.92 Å². The molecule has 0 bridgehead atoms. The second kappa shape index (κ2) is 5.71. The molecule has 2 aromatic carbocycles. The largest absolute Gasteiger partial charge is 0.361 e. The van der Waals surface area contributed by atoms with Crippen molar-refractivity contribution in [2.75, 3.05) is 5.32 Å². The number of aromatic amines is 1. The van der Waals surface area contributed by atoms with Crippen molar-refractivity contribution in [3.63, 3.8) is 0 Å². The first kappa shape index (κ1) is 13.2. The summed E-state index contributed by atoms with van der Waals surface area (Å²) in [6, 6.07) is 15.5. The minimum Gasteiger partial charge on any atom is -0.361 e. The van der Waals surface area contributed by atoms with Gasteiger partial charge in [-0.2, -0.15) is 0 Å². The quantitative estimate of drug-likeness (QED) is 0.671. The van der Waals surface area contributed by atoms with E-state index in [1.807, 2.05) is 61.7 Å². The smallest absolute Gasteiger partial charge is 0.319 e. The molecule has 21 heavy (non-hydrogen) atoms. The van der Waals surface area contributed by atoms with Crippen LogP contribution in [0.3, 0.4) is 0 Å². The Bertz CT molecular complexity index is 759. The number of para-hydroxylation sites is 1. The fourth-order valence-electron chi connectivity index (χ4n) is 2.27. The first-order valence-electron chi connectivity index (χ1n) is 6.89. The first-order valence-corrected chi connectivity index (χ1v) is 6.89. The summed E-state index contributed by atoms with van der Waals surface area (Å²) in [5.74, 6) is 0. The summed E-state index contributed by atoms with van der Waals surface area (Å²) in [4.78, 5) is 15.1. The molecule has 3 N–H and O–H groups in total. The van der Waals surface area contributed by atoms with E-state index < -0.39 is 0 Å². The fourth-order valence-corrected chi connectivity index (χ4v) is 2.27. The van der Waals surface area contributed by atoms with Gasteiger partial charge >= 0.3 is 6.03 Å². The Morgan fingerprint density at radius 1 is 1.10 bits per heavy atom. The van der Waals surface area contributed by atoms with E-state index in [9.17, 15) is 4.79 Å². The van der Waals surface area contributed by atoms with Gasteiger partial charge in [0.25, 0.3) is 0 Å². The third kappa shape index (κ3) is 3.05. The van der Waals surface area contributed by atoms with Crippen molar-refractivity contribution in [3.8, 4) is 0 Å². The summed E-state index contributed by atoms with van der Waals surface area (Å²) in [5.41, 5.74) is 4.11. The van der Waals surface area contributed by atoms with E-state index in [4.69, 9.17) is 0 Å². The fraction of sp³-hybridized carbons (Fsp3) is 0.118. The van der Waals surface area contributed by atoms with E-state index in [1.54, 1.807) is 0 Å². The highest BCUT2D eigenvalue weighted by Gasteiger charge is 2.05. The number of hydrogen-bond acceptors (Lipinski definition) is 1. The Labute approximate surface area is 123 Å². The molecule has 4 heteroatoms. The topological polar surface area (TPSA) is 56.9 Å². The molecule has 0 fully saturated rings. The maximum absolute atomic E-state index is 11.9. The summed E-state index contributed by atoms with van der Waals surface area (Å²) in [6.45, 7) is 2.50. The number of carbonyl (C=O) groups excluding carboxylic acids is 1. The number of H-pyrrole nitrogens is 1. The number of aryl methyl sites for hydroxylation is 1. The van der Waals surface area contributed by atoms with Crippen molar-refractivity contribution in [1.29, 1.82) is 0 Å². The van der Waals surface area contributed by atoms with Gasteiger partial charge in [-0.25, -0.2) is 4.79 Å². The molecule has 1 aromatic heterocycles. The van der Waals surface area contributed by atoms with Crippen LogP contribution in [0.5, 0.6) is 0 Å². The number of fused-ring (bicyclic) bond motifs is 1. The lowest BCUT2D eigenvalue weighted by atomic mass is 10.2. The molecule has 0 aliphatic heterocycles. The van der Waals surface area contributed by atoms with E-state index in [0.717, 1.165) is 22.2 Å². The number of carbonyl (C=O) groups is 1. The highest BCUT2D eigenvalue weighted by molar-refractivity contribution is 5.90. The molecular formula is C17H17N3O. The summed E-state index contributed by atoms with van der Waals surface area (Å²) in [7, 11) is 0. The molecule has 0 unspecified atom stereocenters. The zero-order chi connectivity index (χ0) is 14.7. The van der Waals surface area contributed by atoms with Gasteiger partial charge in [0.2, 0.25) is 0 Å². The molecular weight excluding hydrogens is 262 g/mol. The molecule has 2 amide bonds. The number of amides is 2. The Balaban J connectivity index is 1.62. The molecule has 0 spiro atoms. The zero-order valence-electron chi connectivity index (χ0n) is 11.8. The highest BCUT2D eigenvalue weighted by Crippen LogP contribution is 2.17. The number of nitrogens with one attached hydrogen (secondary N) is 3. The van der Waals surface area contributed by atoms with Crippen LogP contribution in [0.4, 0.5) is 10.5 Å². The normalized spacial score (nSPS) is 10.5. The van der Waals surface area contributed by atoms with Crippen LogP contribution in [-0.4, -0.2) is 11.0 Å². The van der Waals surface area contributed by atoms with Gasteiger partial charge in [0.05, 0.1) is 0 Å². The van der Waals surface area contributed by atoms with Crippen LogP contribution >= 0.6 is 0 Å². The van der Waals surface area contributed by atoms with Gasteiger partial charge in [-0.05, 0) is 30.7 Å². The number of benzene rings is 2. The summed E-state index contributed by atoms with van der Waals surface area (Å²) in [5, 5.41) is 6.82. The zero-order valence-corrected chi connectivity index (χ0v) is 11.8. The molecule has 0 aliphatic rings. The van der Waals surface area contributed by atoms with Crippen molar-refractivity contribution >= 4 is 22.6 Å². The van der Waals surface area contributed by atoms with Crippen molar-refractivity contribution < 1.29 is 4.79 Å². The molecule has 0 radical (unpaired) electrons. The van der Waals surface area contributed by atoms with Crippen LogP contribution in [0.1, 0.15) is 11.1 Å². The molecule has 0 atom stereocenters. The predicted molar refractivity (Wildman–Crippen MR) is 85.3 cm³/mol. The maximum atomic E-state index is 11.9. The van der Waals surface area contributed by atoms with Gasteiger partial charge in [-0.3, -0.25) is 0 Å². The number of urea groups is 1. The Morgan fingerprint density at radius 3 is 2.67 bits per heavy atom. The lowest BCUT2D eigenvalue weighted by Gasteiger charge is -2.07. The standard InChI is InChI=1S/C17H17N3O/c1-12-6-8-14(9-7-12)20-17(21)19-11-13-10-18-16-5-3-2-4-15(13)16/h2-10,18H,11H2,1H3,(H2,19,20,21). The van der Waals surface area contributed by atoms with Crippen molar-refractivity contribution in [2.24, 2.45) is 0 Å². The first-order chi connectivity index (χ1) is 10.2. The van der Waals surface area contributed by atoms with Gasteiger partial charge < -0.3 is 15.6 Å². The molecule has 0 saturated heterocycles. The minimum atomic E-state index is -0.205. The second-order valence-electron chi connectivity index (χ2n) is 5.03. The van der Waals surface area contributed by atoms with Crippen molar-refractivity contribution in [1.82, 2.24) is 10.3 Å². The molecule has 3 rings (SSSR count). The van der Waals surface area contributed by atoms with Gasteiger partial charge in [0.15, 0.2) is 0 Å². The lowest BCUT2D eigenvalue weighted by molar-refractivity contribution is 0.252. The van der Waals surface area contributed by atoms with Crippen LogP contribution in [-0.2, 0) is 6.54 Å². The average molecular weight is 279 g/mol. The van der Waals surface area contributed by atoms with Gasteiger partial charge in [-0.1, -0.05) is 35.9 Å². The van der Waals surface area contributed by atoms with Gasteiger partial charge in [0, 0.05) is 29.3 Å². The van der Waals surface area contributed by atoms with E-state index in [1.165, 1.54) is 5.56 Å². The Hall–Kier alpha value is -2.75. The van der Waals surface area contributed by atoms with Crippen LogP contribution in [0.15, 0.2) is 54.7 Å². The Morgan fingerprint density at radius 2 is 1.86 bits per heavy atom. The molecule has 3 aromatic rings. The SMILES string of the molecule is Cc1ccc(NC(=O)NCc2c[nH]c3ccccc23)cc1. The monoisotopic (exact) mass is 279 g/mol. The summed E-state index contributed by atoms with van der Waals surface area (Å²) < 4.78 is 0. The van der Waals surface area contributed by atoms with E-state index in [2.05, 4.69) is 15.6 Å². The average Bonchev–Trinajstić information content (AvgIpc) is 2.91. The van der Waals surface area contributed by atoms with Gasteiger partial charge in [0.1, 0.15) is 0 Å². The highest BCUT2D eigenvalue weighted by atomic mass is 16.2. The second-order valence-corrected chi connectivity index (χ2v) is 5.03. The third-order valence-corrected chi connectivity index (χ3v) is 3.42. The summed E-state index contributed by atoms with van der Waals surface area (Å²) >= 11 is 0. The number of aromatic nitrogens is 1. The predicted octanol–water partition coefficient (Wildman–Crippen LogP) is 3.80.